The van der Waals surface area contributed by atoms with E-state index in [1.807, 2.05) is 6.07 Å². The highest BCUT2D eigenvalue weighted by Gasteiger charge is 2.11. The van der Waals surface area contributed by atoms with Gasteiger partial charge in [-0.15, -0.1) is 0 Å². The first kappa shape index (κ1) is 16.2. The second-order valence-corrected chi connectivity index (χ2v) is 4.62. The van der Waals surface area contributed by atoms with Crippen LogP contribution >= 0.6 is 0 Å². The number of nitrogens with one attached hydrogen (secondary N) is 1. The second kappa shape index (κ2) is 7.22. The third-order valence-corrected chi connectivity index (χ3v) is 3.33. The smallest absolute Gasteiger partial charge is 0.269 e. The molecule has 2 aromatic rings. The summed E-state index contributed by atoms with van der Waals surface area (Å²) in [6, 6.07) is 11.6. The minimum atomic E-state index is -0.444. The van der Waals surface area contributed by atoms with Gasteiger partial charge in [-0.05, 0) is 47.0 Å². The molecule has 0 unspecified atom stereocenters. The SMILES string of the molecule is COc1ccc(/C(=C/C=N)c2ccc([N+](=O)[O-])cc2)cc1OC. The average Bonchev–Trinajstić information content (AvgIpc) is 2.59. The first-order chi connectivity index (χ1) is 11.1. The Kier molecular flexibility index (Phi) is 5.09. The maximum absolute atomic E-state index is 10.8. The standard InChI is InChI=1S/C17H16N2O4/c1-22-16-8-5-13(11-17(16)23-2)15(9-10-18)12-3-6-14(7-4-12)19(20)21/h3-11,18H,1-2H3/b15-9+,18-10?. The fraction of sp³-hybridized carbons (Fsp3) is 0.118. The van der Waals surface area contributed by atoms with E-state index in [2.05, 4.69) is 0 Å². The molecule has 0 spiro atoms. The third kappa shape index (κ3) is 3.55. The van der Waals surface area contributed by atoms with Crippen LogP contribution in [0.2, 0.25) is 0 Å². The Balaban J connectivity index is 2.48. The monoisotopic (exact) mass is 312 g/mol. The fourth-order valence-corrected chi connectivity index (χ4v) is 2.21. The van der Waals surface area contributed by atoms with E-state index in [1.54, 1.807) is 44.6 Å². The van der Waals surface area contributed by atoms with E-state index >= 15 is 0 Å². The molecule has 0 heterocycles. The maximum Gasteiger partial charge on any atom is 0.269 e. The summed E-state index contributed by atoms with van der Waals surface area (Å²) >= 11 is 0. The van der Waals surface area contributed by atoms with Gasteiger partial charge in [0.15, 0.2) is 11.5 Å². The fourth-order valence-electron chi connectivity index (χ4n) is 2.21. The lowest BCUT2D eigenvalue weighted by Crippen LogP contribution is -1.94. The number of hydrogen-bond acceptors (Lipinski definition) is 5. The van der Waals surface area contributed by atoms with Gasteiger partial charge in [0.25, 0.3) is 5.69 Å². The average molecular weight is 312 g/mol. The Morgan fingerprint density at radius 2 is 1.65 bits per heavy atom. The number of non-ortho nitro benzene ring substituents is 1. The Morgan fingerprint density at radius 1 is 1.04 bits per heavy atom. The van der Waals surface area contributed by atoms with E-state index in [9.17, 15) is 10.1 Å². The van der Waals surface area contributed by atoms with Crippen molar-refractivity contribution in [3.8, 4) is 11.5 Å². The summed E-state index contributed by atoms with van der Waals surface area (Å²) in [7, 11) is 3.11. The molecular formula is C17H16N2O4. The molecule has 0 radical (unpaired) electrons. The van der Waals surface area contributed by atoms with Crippen molar-refractivity contribution in [3.63, 3.8) is 0 Å². The van der Waals surface area contributed by atoms with Crippen molar-refractivity contribution in [2.75, 3.05) is 14.2 Å². The van der Waals surface area contributed by atoms with E-state index in [-0.39, 0.29) is 5.69 Å². The molecule has 0 aliphatic rings. The zero-order valence-electron chi connectivity index (χ0n) is 12.8. The lowest BCUT2D eigenvalue weighted by Gasteiger charge is -2.12. The first-order valence-corrected chi connectivity index (χ1v) is 6.78. The molecule has 2 rings (SSSR count). The molecule has 0 saturated carbocycles. The molecule has 0 amide bonds. The largest absolute Gasteiger partial charge is 0.493 e. The van der Waals surface area contributed by atoms with E-state index in [0.717, 1.165) is 16.7 Å². The molecule has 6 nitrogen and oxygen atoms in total. The van der Waals surface area contributed by atoms with Gasteiger partial charge in [0, 0.05) is 18.3 Å². The number of benzene rings is 2. The first-order valence-electron chi connectivity index (χ1n) is 6.78. The van der Waals surface area contributed by atoms with Gasteiger partial charge in [-0.25, -0.2) is 0 Å². The normalized spacial score (nSPS) is 11.0. The number of hydrogen-bond donors (Lipinski definition) is 1. The van der Waals surface area contributed by atoms with E-state index < -0.39 is 4.92 Å². The number of methoxy groups -OCH3 is 2. The van der Waals surface area contributed by atoms with Crippen LogP contribution in [-0.2, 0) is 0 Å². The van der Waals surface area contributed by atoms with Crippen LogP contribution < -0.4 is 9.47 Å². The Morgan fingerprint density at radius 3 is 2.17 bits per heavy atom. The summed E-state index contributed by atoms with van der Waals surface area (Å²) in [6.45, 7) is 0. The van der Waals surface area contributed by atoms with Gasteiger partial charge in [-0.3, -0.25) is 10.1 Å². The Labute approximate surface area is 133 Å². The van der Waals surface area contributed by atoms with Gasteiger partial charge >= 0.3 is 0 Å². The molecule has 0 atom stereocenters. The molecular weight excluding hydrogens is 296 g/mol. The summed E-state index contributed by atoms with van der Waals surface area (Å²) in [6.07, 6.45) is 2.80. The highest BCUT2D eigenvalue weighted by atomic mass is 16.6. The zero-order valence-corrected chi connectivity index (χ0v) is 12.8. The molecule has 0 bridgehead atoms. The molecule has 23 heavy (non-hydrogen) atoms. The molecule has 0 saturated heterocycles. The van der Waals surface area contributed by atoms with Gasteiger partial charge in [0.1, 0.15) is 0 Å². The predicted octanol–water partition coefficient (Wildman–Crippen LogP) is 3.69. The van der Waals surface area contributed by atoms with Crippen molar-refractivity contribution >= 4 is 17.5 Å². The molecule has 0 aliphatic heterocycles. The zero-order chi connectivity index (χ0) is 16.8. The number of rotatable bonds is 6. The highest BCUT2D eigenvalue weighted by Crippen LogP contribution is 2.33. The lowest BCUT2D eigenvalue weighted by molar-refractivity contribution is -0.384. The summed E-state index contributed by atoms with van der Waals surface area (Å²) in [5, 5.41) is 18.1. The van der Waals surface area contributed by atoms with Gasteiger partial charge in [0.05, 0.1) is 19.1 Å². The minimum Gasteiger partial charge on any atom is -0.493 e. The molecule has 6 heteroatoms. The number of nitro groups is 1. The lowest BCUT2D eigenvalue weighted by atomic mass is 9.97. The molecule has 1 N–H and O–H groups in total. The van der Waals surface area contributed by atoms with Crippen LogP contribution in [0.4, 0.5) is 5.69 Å². The summed E-state index contributed by atoms with van der Waals surface area (Å²) in [5.41, 5.74) is 2.37. The predicted molar refractivity (Wildman–Crippen MR) is 88.5 cm³/mol. The maximum atomic E-state index is 10.8. The van der Waals surface area contributed by atoms with Crippen LogP contribution in [0.25, 0.3) is 5.57 Å². The van der Waals surface area contributed by atoms with Crippen molar-refractivity contribution in [2.45, 2.75) is 0 Å². The quantitative estimate of drug-likeness (QED) is 0.500. The van der Waals surface area contributed by atoms with Crippen LogP contribution in [0.5, 0.6) is 11.5 Å². The van der Waals surface area contributed by atoms with Crippen molar-refractivity contribution in [1.29, 1.82) is 5.41 Å². The van der Waals surface area contributed by atoms with Crippen molar-refractivity contribution in [3.05, 3.63) is 69.8 Å². The van der Waals surface area contributed by atoms with Gasteiger partial charge in [0.2, 0.25) is 0 Å². The second-order valence-electron chi connectivity index (χ2n) is 4.62. The number of nitro benzene ring substituents is 1. The van der Waals surface area contributed by atoms with Crippen LogP contribution in [-0.4, -0.2) is 25.4 Å². The molecule has 0 aromatic heterocycles. The summed E-state index contributed by atoms with van der Waals surface area (Å²) in [5.74, 6) is 1.18. The number of allylic oxidation sites excluding steroid dienone is 1. The topological polar surface area (TPSA) is 85.5 Å². The van der Waals surface area contributed by atoms with Crippen molar-refractivity contribution in [1.82, 2.24) is 0 Å². The molecule has 118 valence electrons. The molecule has 0 aliphatic carbocycles. The van der Waals surface area contributed by atoms with Crippen molar-refractivity contribution < 1.29 is 14.4 Å². The van der Waals surface area contributed by atoms with E-state index in [0.29, 0.717) is 11.5 Å². The van der Waals surface area contributed by atoms with Crippen molar-refractivity contribution in [2.24, 2.45) is 0 Å². The third-order valence-electron chi connectivity index (χ3n) is 3.33. The summed E-state index contributed by atoms with van der Waals surface area (Å²) < 4.78 is 10.5. The molecule has 2 aromatic carbocycles. The van der Waals surface area contributed by atoms with Crippen LogP contribution in [0.15, 0.2) is 48.5 Å². The summed E-state index contributed by atoms with van der Waals surface area (Å²) in [4.78, 5) is 10.3. The van der Waals surface area contributed by atoms with Gasteiger partial charge in [-0.2, -0.15) is 0 Å². The van der Waals surface area contributed by atoms with Crippen LogP contribution in [0, 0.1) is 15.5 Å². The van der Waals surface area contributed by atoms with E-state index in [4.69, 9.17) is 14.9 Å². The van der Waals surface area contributed by atoms with Crippen LogP contribution in [0.3, 0.4) is 0 Å². The van der Waals surface area contributed by atoms with E-state index in [1.165, 1.54) is 18.3 Å². The highest BCUT2D eigenvalue weighted by molar-refractivity contribution is 5.91. The van der Waals surface area contributed by atoms with Crippen LogP contribution in [0.1, 0.15) is 11.1 Å². The minimum absolute atomic E-state index is 0.0234. The number of nitrogens with zero attached hydrogens (tertiary/aromatic N) is 1. The Bertz CT molecular complexity index is 752. The molecule has 0 fully saturated rings. The Hall–Kier alpha value is -3.15. The van der Waals surface area contributed by atoms with Gasteiger partial charge in [-0.1, -0.05) is 6.07 Å². The number of ether oxygens (including phenoxy) is 2. The van der Waals surface area contributed by atoms with Gasteiger partial charge < -0.3 is 14.9 Å².